The molecule has 1 rings (SSSR count). The number of carbonyl (C=O) groups is 2. The molecule has 0 bridgehead atoms. The Balaban J connectivity index is 2.46. The van der Waals surface area contributed by atoms with Gasteiger partial charge in [0.1, 0.15) is 13.2 Å². The molecule has 0 heterocycles. The summed E-state index contributed by atoms with van der Waals surface area (Å²) in [5, 5.41) is 0. The van der Waals surface area contributed by atoms with Gasteiger partial charge in [0.15, 0.2) is 0 Å². The third-order valence-electron chi connectivity index (χ3n) is 4.42. The summed E-state index contributed by atoms with van der Waals surface area (Å²) in [6.07, 6.45) is 3.21. The van der Waals surface area contributed by atoms with E-state index in [2.05, 4.69) is 0 Å². The first-order valence-electron chi connectivity index (χ1n) is 8.96. The highest BCUT2D eigenvalue weighted by Crippen LogP contribution is 2.14. The van der Waals surface area contributed by atoms with Crippen molar-refractivity contribution in [1.29, 1.82) is 0 Å². The number of ether oxygens (including phenoxy) is 2. The van der Waals surface area contributed by atoms with Gasteiger partial charge in [-0.15, -0.1) is 0 Å². The van der Waals surface area contributed by atoms with Gasteiger partial charge in [0.2, 0.25) is 0 Å². The van der Waals surface area contributed by atoms with Gasteiger partial charge in [0.25, 0.3) is 0 Å². The SMILES string of the molecule is CCC(CC)C(=O)OCc1ccc(COC(=O)C(CC)CC)cc1. The van der Waals surface area contributed by atoms with Crippen LogP contribution in [0.5, 0.6) is 0 Å². The largest absolute Gasteiger partial charge is 0.461 e. The minimum Gasteiger partial charge on any atom is -0.461 e. The summed E-state index contributed by atoms with van der Waals surface area (Å²) in [7, 11) is 0. The van der Waals surface area contributed by atoms with Crippen LogP contribution in [-0.4, -0.2) is 11.9 Å². The normalized spacial score (nSPS) is 10.9. The zero-order valence-electron chi connectivity index (χ0n) is 15.3. The third kappa shape index (κ3) is 6.34. The van der Waals surface area contributed by atoms with E-state index in [1.54, 1.807) is 0 Å². The molecule has 0 amide bonds. The zero-order chi connectivity index (χ0) is 17.9. The molecule has 0 saturated carbocycles. The Morgan fingerprint density at radius 3 is 1.25 bits per heavy atom. The maximum atomic E-state index is 11.9. The van der Waals surface area contributed by atoms with Crippen molar-refractivity contribution in [3.05, 3.63) is 35.4 Å². The first-order valence-corrected chi connectivity index (χ1v) is 8.96. The highest BCUT2D eigenvalue weighted by Gasteiger charge is 2.16. The molecular formula is C20H30O4. The van der Waals surface area contributed by atoms with Gasteiger partial charge in [-0.05, 0) is 36.8 Å². The number of esters is 2. The van der Waals surface area contributed by atoms with E-state index in [1.165, 1.54) is 0 Å². The van der Waals surface area contributed by atoms with Crippen LogP contribution in [0.4, 0.5) is 0 Å². The van der Waals surface area contributed by atoms with Crippen LogP contribution in [0.15, 0.2) is 24.3 Å². The molecule has 0 radical (unpaired) electrons. The maximum absolute atomic E-state index is 11.9. The zero-order valence-corrected chi connectivity index (χ0v) is 15.3. The van der Waals surface area contributed by atoms with Crippen LogP contribution in [0.2, 0.25) is 0 Å². The molecule has 0 N–H and O–H groups in total. The van der Waals surface area contributed by atoms with Crippen LogP contribution in [0.25, 0.3) is 0 Å². The smallest absolute Gasteiger partial charge is 0.309 e. The van der Waals surface area contributed by atoms with Crippen molar-refractivity contribution in [1.82, 2.24) is 0 Å². The monoisotopic (exact) mass is 334 g/mol. The van der Waals surface area contributed by atoms with E-state index in [0.29, 0.717) is 0 Å². The molecule has 0 saturated heterocycles. The standard InChI is InChI=1S/C20H30O4/c1-5-17(6-2)19(21)23-13-15-9-11-16(12-10-15)14-24-20(22)18(7-3)8-4/h9-12,17-18H,5-8,13-14H2,1-4H3. The van der Waals surface area contributed by atoms with E-state index in [-0.39, 0.29) is 37.0 Å². The predicted molar refractivity (Wildman–Crippen MR) is 94.2 cm³/mol. The van der Waals surface area contributed by atoms with Crippen molar-refractivity contribution < 1.29 is 19.1 Å². The fourth-order valence-electron chi connectivity index (χ4n) is 2.52. The summed E-state index contributed by atoms with van der Waals surface area (Å²) in [4.78, 5) is 23.7. The van der Waals surface area contributed by atoms with Crippen molar-refractivity contribution in [2.45, 2.75) is 66.6 Å². The van der Waals surface area contributed by atoms with E-state index in [4.69, 9.17) is 9.47 Å². The van der Waals surface area contributed by atoms with Gasteiger partial charge in [-0.3, -0.25) is 9.59 Å². The van der Waals surface area contributed by atoms with E-state index < -0.39 is 0 Å². The first kappa shape index (κ1) is 20.2. The second-order valence-corrected chi connectivity index (χ2v) is 6.06. The molecule has 134 valence electrons. The molecule has 0 aliphatic carbocycles. The molecule has 1 aromatic carbocycles. The van der Waals surface area contributed by atoms with Crippen molar-refractivity contribution in [2.75, 3.05) is 0 Å². The van der Waals surface area contributed by atoms with Crippen LogP contribution in [0.3, 0.4) is 0 Å². The minimum atomic E-state index is -0.136. The molecular weight excluding hydrogens is 304 g/mol. The number of benzene rings is 1. The average Bonchev–Trinajstić information content (AvgIpc) is 2.61. The van der Waals surface area contributed by atoms with Gasteiger partial charge in [-0.2, -0.15) is 0 Å². The Bertz CT molecular complexity index is 452. The van der Waals surface area contributed by atoms with Crippen molar-refractivity contribution in [3.8, 4) is 0 Å². The Hall–Kier alpha value is -1.84. The Labute approximate surface area is 145 Å². The van der Waals surface area contributed by atoms with E-state index >= 15 is 0 Å². The summed E-state index contributed by atoms with van der Waals surface area (Å²) in [6, 6.07) is 7.61. The molecule has 0 fully saturated rings. The minimum absolute atomic E-state index is 0.0197. The van der Waals surface area contributed by atoms with Gasteiger partial charge < -0.3 is 9.47 Å². The van der Waals surface area contributed by atoms with Crippen LogP contribution >= 0.6 is 0 Å². The average molecular weight is 334 g/mol. The third-order valence-corrected chi connectivity index (χ3v) is 4.42. The lowest BCUT2D eigenvalue weighted by Crippen LogP contribution is -2.16. The molecule has 0 aromatic heterocycles. The first-order chi connectivity index (χ1) is 11.5. The summed E-state index contributed by atoms with van der Waals surface area (Å²) in [5.74, 6) is -0.311. The van der Waals surface area contributed by atoms with Gasteiger partial charge in [-0.1, -0.05) is 52.0 Å². The topological polar surface area (TPSA) is 52.6 Å². The molecule has 0 aliphatic rings. The molecule has 24 heavy (non-hydrogen) atoms. The summed E-state index contributed by atoms with van der Waals surface area (Å²) in [5.41, 5.74) is 1.87. The quantitative estimate of drug-likeness (QED) is 0.585. The Morgan fingerprint density at radius 2 is 1.00 bits per heavy atom. The molecule has 0 unspecified atom stereocenters. The molecule has 4 heteroatoms. The molecule has 0 spiro atoms. The Morgan fingerprint density at radius 1 is 0.708 bits per heavy atom. The number of rotatable bonds is 10. The molecule has 0 aliphatic heterocycles. The fraction of sp³-hybridized carbons (Fsp3) is 0.600. The van der Waals surface area contributed by atoms with Gasteiger partial charge in [-0.25, -0.2) is 0 Å². The second kappa shape index (κ2) is 10.8. The fourth-order valence-corrected chi connectivity index (χ4v) is 2.52. The Kier molecular flexibility index (Phi) is 9.13. The van der Waals surface area contributed by atoms with Crippen LogP contribution in [0, 0.1) is 11.8 Å². The van der Waals surface area contributed by atoms with Crippen molar-refractivity contribution >= 4 is 11.9 Å². The number of hydrogen-bond acceptors (Lipinski definition) is 4. The van der Waals surface area contributed by atoms with Crippen LogP contribution in [0.1, 0.15) is 64.5 Å². The molecule has 0 atom stereocenters. The summed E-state index contributed by atoms with van der Waals surface area (Å²) < 4.78 is 10.7. The number of carbonyl (C=O) groups excluding carboxylic acids is 2. The molecule has 1 aromatic rings. The van der Waals surface area contributed by atoms with Gasteiger partial charge >= 0.3 is 11.9 Å². The van der Waals surface area contributed by atoms with Crippen LogP contribution in [-0.2, 0) is 32.3 Å². The number of hydrogen-bond donors (Lipinski definition) is 0. The molecule has 4 nitrogen and oxygen atoms in total. The predicted octanol–water partition coefficient (Wildman–Crippen LogP) is 4.65. The van der Waals surface area contributed by atoms with Crippen molar-refractivity contribution in [2.24, 2.45) is 11.8 Å². The summed E-state index contributed by atoms with van der Waals surface area (Å²) >= 11 is 0. The van der Waals surface area contributed by atoms with Gasteiger partial charge in [0, 0.05) is 0 Å². The van der Waals surface area contributed by atoms with E-state index in [1.807, 2.05) is 52.0 Å². The van der Waals surface area contributed by atoms with Crippen molar-refractivity contribution in [3.63, 3.8) is 0 Å². The lowest BCUT2D eigenvalue weighted by Gasteiger charge is -2.13. The maximum Gasteiger partial charge on any atom is 0.309 e. The van der Waals surface area contributed by atoms with Crippen LogP contribution < -0.4 is 0 Å². The van der Waals surface area contributed by atoms with E-state index in [9.17, 15) is 9.59 Å². The lowest BCUT2D eigenvalue weighted by molar-refractivity contribution is -0.151. The van der Waals surface area contributed by atoms with Gasteiger partial charge in [0.05, 0.1) is 11.8 Å². The highest BCUT2D eigenvalue weighted by molar-refractivity contribution is 5.72. The summed E-state index contributed by atoms with van der Waals surface area (Å²) in [6.45, 7) is 8.53. The van der Waals surface area contributed by atoms with E-state index in [0.717, 1.165) is 36.8 Å². The second-order valence-electron chi connectivity index (χ2n) is 6.06. The highest BCUT2D eigenvalue weighted by atomic mass is 16.5. The lowest BCUT2D eigenvalue weighted by atomic mass is 10.0.